The van der Waals surface area contributed by atoms with Crippen molar-refractivity contribution in [2.24, 2.45) is 0 Å². The predicted octanol–water partition coefficient (Wildman–Crippen LogP) is 5.23. The lowest BCUT2D eigenvalue weighted by molar-refractivity contribution is 0.413. The molecule has 0 fully saturated rings. The van der Waals surface area contributed by atoms with Crippen molar-refractivity contribution >= 4 is 5.69 Å². The van der Waals surface area contributed by atoms with Gasteiger partial charge in [0, 0.05) is 12.2 Å². The number of nitrogens with zero attached hydrogens (tertiary/aromatic N) is 1. The minimum absolute atomic E-state index is 0.147. The summed E-state index contributed by atoms with van der Waals surface area (Å²) in [6.07, 6.45) is 1.87. The number of benzene rings is 3. The molecule has 0 saturated heterocycles. The first kappa shape index (κ1) is 17.4. The number of phenolic OH excluding ortho intramolecular Hbond substituents is 1. The van der Waals surface area contributed by atoms with Crippen molar-refractivity contribution < 1.29 is 14.2 Å². The van der Waals surface area contributed by atoms with Crippen LogP contribution in [0.15, 0.2) is 66.7 Å². The lowest BCUT2D eigenvalue weighted by Crippen LogP contribution is -2.32. The number of methoxy groups -OCH3 is 1. The SMILES string of the molecule is COc1ccc2c(c1)CCC(c1ccc(F)cc1)N2Cc1cccc(O)c1. The smallest absolute Gasteiger partial charge is 0.123 e. The fraction of sp³-hybridized carbons (Fsp3) is 0.217. The Labute approximate surface area is 158 Å². The van der Waals surface area contributed by atoms with E-state index in [1.165, 1.54) is 17.7 Å². The molecule has 0 saturated carbocycles. The minimum atomic E-state index is -0.223. The zero-order valence-corrected chi connectivity index (χ0v) is 15.2. The van der Waals surface area contributed by atoms with E-state index in [9.17, 15) is 9.50 Å². The maximum Gasteiger partial charge on any atom is 0.123 e. The van der Waals surface area contributed by atoms with E-state index in [4.69, 9.17) is 4.74 Å². The second-order valence-corrected chi connectivity index (χ2v) is 6.90. The summed E-state index contributed by atoms with van der Waals surface area (Å²) < 4.78 is 18.8. The van der Waals surface area contributed by atoms with Gasteiger partial charge in [-0.25, -0.2) is 4.39 Å². The van der Waals surface area contributed by atoms with Crippen LogP contribution in [0, 0.1) is 5.82 Å². The Hall–Kier alpha value is -3.01. The molecule has 27 heavy (non-hydrogen) atoms. The van der Waals surface area contributed by atoms with Crippen molar-refractivity contribution in [3.63, 3.8) is 0 Å². The quantitative estimate of drug-likeness (QED) is 0.689. The van der Waals surface area contributed by atoms with Crippen molar-refractivity contribution in [1.29, 1.82) is 0 Å². The van der Waals surface area contributed by atoms with Crippen LogP contribution in [-0.2, 0) is 13.0 Å². The fourth-order valence-corrected chi connectivity index (χ4v) is 3.86. The van der Waals surface area contributed by atoms with Crippen LogP contribution in [0.25, 0.3) is 0 Å². The lowest BCUT2D eigenvalue weighted by atomic mass is 9.90. The molecule has 0 spiro atoms. The molecule has 3 aromatic carbocycles. The molecule has 4 rings (SSSR count). The molecule has 0 radical (unpaired) electrons. The largest absolute Gasteiger partial charge is 0.508 e. The second kappa shape index (κ2) is 7.31. The van der Waals surface area contributed by atoms with E-state index in [1.807, 2.05) is 30.3 Å². The van der Waals surface area contributed by atoms with Crippen LogP contribution in [0.1, 0.15) is 29.2 Å². The first-order valence-corrected chi connectivity index (χ1v) is 9.11. The van der Waals surface area contributed by atoms with Gasteiger partial charge in [0.25, 0.3) is 0 Å². The van der Waals surface area contributed by atoms with Gasteiger partial charge in [-0.3, -0.25) is 0 Å². The van der Waals surface area contributed by atoms with Crippen LogP contribution in [0.2, 0.25) is 0 Å². The highest BCUT2D eigenvalue weighted by Crippen LogP contribution is 2.41. The van der Waals surface area contributed by atoms with Gasteiger partial charge in [-0.15, -0.1) is 0 Å². The van der Waals surface area contributed by atoms with Gasteiger partial charge in [-0.05, 0) is 72.0 Å². The molecule has 0 aliphatic carbocycles. The number of phenols is 1. The summed E-state index contributed by atoms with van der Waals surface area (Å²) >= 11 is 0. The average Bonchev–Trinajstić information content (AvgIpc) is 2.68. The number of ether oxygens (including phenoxy) is 1. The molecule has 138 valence electrons. The van der Waals surface area contributed by atoms with Gasteiger partial charge in [0.1, 0.15) is 17.3 Å². The fourth-order valence-electron chi connectivity index (χ4n) is 3.86. The Morgan fingerprint density at radius 3 is 2.63 bits per heavy atom. The van der Waals surface area contributed by atoms with E-state index in [1.54, 1.807) is 19.2 Å². The van der Waals surface area contributed by atoms with E-state index in [2.05, 4.69) is 17.0 Å². The Morgan fingerprint density at radius 2 is 1.89 bits per heavy atom. The van der Waals surface area contributed by atoms with Crippen molar-refractivity contribution in [2.45, 2.75) is 25.4 Å². The Bertz CT molecular complexity index is 939. The number of hydrogen-bond acceptors (Lipinski definition) is 3. The Balaban J connectivity index is 1.75. The second-order valence-electron chi connectivity index (χ2n) is 6.90. The summed E-state index contributed by atoms with van der Waals surface area (Å²) in [5.41, 5.74) is 4.52. The molecule has 1 N–H and O–H groups in total. The third-order valence-corrected chi connectivity index (χ3v) is 5.18. The van der Waals surface area contributed by atoms with Gasteiger partial charge < -0.3 is 14.7 Å². The first-order chi connectivity index (χ1) is 13.1. The van der Waals surface area contributed by atoms with Gasteiger partial charge in [0.05, 0.1) is 13.2 Å². The first-order valence-electron chi connectivity index (χ1n) is 9.11. The van der Waals surface area contributed by atoms with Crippen LogP contribution in [-0.4, -0.2) is 12.2 Å². The molecule has 1 heterocycles. The highest BCUT2D eigenvalue weighted by atomic mass is 19.1. The summed E-state index contributed by atoms with van der Waals surface area (Å²) in [7, 11) is 1.68. The van der Waals surface area contributed by atoms with Crippen molar-refractivity contribution in [3.8, 4) is 11.5 Å². The molecule has 0 bridgehead atoms. The van der Waals surface area contributed by atoms with E-state index in [-0.39, 0.29) is 17.6 Å². The molecular formula is C23H22FNO2. The van der Waals surface area contributed by atoms with Gasteiger partial charge >= 0.3 is 0 Å². The molecule has 3 nitrogen and oxygen atoms in total. The molecular weight excluding hydrogens is 341 g/mol. The van der Waals surface area contributed by atoms with Gasteiger partial charge in [0.2, 0.25) is 0 Å². The third kappa shape index (κ3) is 3.61. The molecule has 4 heteroatoms. The molecule has 1 unspecified atom stereocenters. The van der Waals surface area contributed by atoms with Crippen molar-refractivity contribution in [3.05, 3.63) is 89.2 Å². The zero-order chi connectivity index (χ0) is 18.8. The monoisotopic (exact) mass is 363 g/mol. The maximum atomic E-state index is 13.4. The summed E-state index contributed by atoms with van der Waals surface area (Å²) in [6, 6.07) is 20.4. The summed E-state index contributed by atoms with van der Waals surface area (Å²) in [6.45, 7) is 0.662. The highest BCUT2D eigenvalue weighted by molar-refractivity contribution is 5.60. The number of hydrogen-bond donors (Lipinski definition) is 1. The lowest BCUT2D eigenvalue weighted by Gasteiger charge is -2.39. The normalized spacial score (nSPS) is 16.1. The van der Waals surface area contributed by atoms with Crippen LogP contribution in [0.4, 0.5) is 10.1 Å². The van der Waals surface area contributed by atoms with E-state index < -0.39 is 0 Å². The number of rotatable bonds is 4. The summed E-state index contributed by atoms with van der Waals surface area (Å²) in [5, 5.41) is 9.84. The van der Waals surface area contributed by atoms with Crippen LogP contribution < -0.4 is 9.64 Å². The van der Waals surface area contributed by atoms with Crippen LogP contribution >= 0.6 is 0 Å². The summed E-state index contributed by atoms with van der Waals surface area (Å²) in [4.78, 5) is 2.33. The number of anilines is 1. The van der Waals surface area contributed by atoms with Crippen LogP contribution in [0.5, 0.6) is 11.5 Å². The average molecular weight is 363 g/mol. The molecule has 3 aromatic rings. The number of aromatic hydroxyl groups is 1. The number of aryl methyl sites for hydroxylation is 1. The molecule has 0 amide bonds. The summed E-state index contributed by atoms with van der Waals surface area (Å²) in [5.74, 6) is 0.892. The number of halogens is 1. The molecule has 1 aliphatic heterocycles. The van der Waals surface area contributed by atoms with Gasteiger partial charge in [-0.2, -0.15) is 0 Å². The minimum Gasteiger partial charge on any atom is -0.508 e. The molecule has 1 aliphatic rings. The Kier molecular flexibility index (Phi) is 4.71. The Morgan fingerprint density at radius 1 is 1.07 bits per heavy atom. The van der Waals surface area contributed by atoms with Crippen molar-refractivity contribution in [1.82, 2.24) is 0 Å². The molecule has 0 aromatic heterocycles. The van der Waals surface area contributed by atoms with E-state index in [0.717, 1.165) is 35.4 Å². The highest BCUT2D eigenvalue weighted by Gasteiger charge is 2.28. The third-order valence-electron chi connectivity index (χ3n) is 5.18. The zero-order valence-electron chi connectivity index (χ0n) is 15.2. The standard InChI is InChI=1S/C23H22FNO2/c1-27-21-10-12-23-18(14-21)7-11-22(17-5-8-19(24)9-6-17)25(23)15-16-3-2-4-20(26)13-16/h2-6,8-10,12-14,22,26H,7,11,15H2,1H3. The van der Waals surface area contributed by atoms with E-state index >= 15 is 0 Å². The van der Waals surface area contributed by atoms with Crippen LogP contribution in [0.3, 0.4) is 0 Å². The molecule has 1 atom stereocenters. The van der Waals surface area contributed by atoms with Crippen molar-refractivity contribution in [2.75, 3.05) is 12.0 Å². The van der Waals surface area contributed by atoms with E-state index in [0.29, 0.717) is 6.54 Å². The topological polar surface area (TPSA) is 32.7 Å². The van der Waals surface area contributed by atoms with Gasteiger partial charge in [0.15, 0.2) is 0 Å². The van der Waals surface area contributed by atoms with Gasteiger partial charge in [-0.1, -0.05) is 24.3 Å². The maximum absolute atomic E-state index is 13.4. The predicted molar refractivity (Wildman–Crippen MR) is 105 cm³/mol. The number of fused-ring (bicyclic) bond motifs is 1.